The Morgan fingerprint density at radius 2 is 1.78 bits per heavy atom. The van der Waals surface area contributed by atoms with E-state index in [2.05, 4.69) is 5.32 Å². The summed E-state index contributed by atoms with van der Waals surface area (Å²) in [5.41, 5.74) is 4.90. The van der Waals surface area contributed by atoms with Gasteiger partial charge in [0.15, 0.2) is 5.60 Å². The molecular formula is C17H17ClN2O3. The fraction of sp³-hybridized carbons (Fsp3) is 0.176. The van der Waals surface area contributed by atoms with Crippen LogP contribution in [0.15, 0.2) is 48.5 Å². The lowest BCUT2D eigenvalue weighted by Crippen LogP contribution is -2.42. The average molecular weight is 333 g/mol. The smallest absolute Gasteiger partial charge is 0.267 e. The number of hydrogen-bond acceptors (Lipinski definition) is 3. The van der Waals surface area contributed by atoms with Gasteiger partial charge in [0, 0.05) is 16.3 Å². The lowest BCUT2D eigenvalue weighted by Gasteiger charge is -2.25. The molecule has 2 aromatic carbocycles. The summed E-state index contributed by atoms with van der Waals surface area (Å²) in [5, 5.41) is 3.30. The average Bonchev–Trinajstić information content (AvgIpc) is 2.49. The summed E-state index contributed by atoms with van der Waals surface area (Å²) in [4.78, 5) is 23.6. The fourth-order valence-corrected chi connectivity index (χ4v) is 2.00. The highest BCUT2D eigenvalue weighted by molar-refractivity contribution is 6.30. The van der Waals surface area contributed by atoms with Gasteiger partial charge in [0.1, 0.15) is 5.75 Å². The van der Waals surface area contributed by atoms with E-state index in [0.717, 1.165) is 0 Å². The molecule has 0 aliphatic carbocycles. The Morgan fingerprint density at radius 3 is 2.39 bits per heavy atom. The van der Waals surface area contributed by atoms with Crippen molar-refractivity contribution in [3.05, 3.63) is 59.1 Å². The number of halogens is 1. The molecule has 2 aromatic rings. The molecule has 0 spiro atoms. The molecule has 0 saturated heterocycles. The minimum Gasteiger partial charge on any atom is -0.478 e. The maximum atomic E-state index is 12.4. The summed E-state index contributed by atoms with van der Waals surface area (Å²) in [6.07, 6.45) is 0. The van der Waals surface area contributed by atoms with Crippen LogP contribution in [0.5, 0.6) is 5.75 Å². The van der Waals surface area contributed by atoms with Crippen LogP contribution in [0.4, 0.5) is 5.69 Å². The molecule has 0 radical (unpaired) electrons. The molecule has 0 aliphatic rings. The molecule has 0 saturated carbocycles. The number of carbonyl (C=O) groups is 2. The van der Waals surface area contributed by atoms with Gasteiger partial charge in [0.05, 0.1) is 0 Å². The summed E-state index contributed by atoms with van der Waals surface area (Å²) in [5.74, 6) is -0.382. The second-order valence-corrected chi connectivity index (χ2v) is 5.90. The van der Waals surface area contributed by atoms with Gasteiger partial charge in [-0.15, -0.1) is 0 Å². The number of amides is 2. The first kappa shape index (κ1) is 16.8. The topological polar surface area (TPSA) is 81.4 Å². The molecule has 0 bridgehead atoms. The van der Waals surface area contributed by atoms with Crippen LogP contribution in [0.2, 0.25) is 5.02 Å². The Morgan fingerprint density at radius 1 is 1.13 bits per heavy atom. The Hall–Kier alpha value is -2.53. The Balaban J connectivity index is 2.10. The molecule has 0 atom stereocenters. The van der Waals surface area contributed by atoms with Crippen LogP contribution in [0.25, 0.3) is 0 Å². The number of benzene rings is 2. The minimum absolute atomic E-state index is 0.319. The number of nitrogens with two attached hydrogens (primary N) is 1. The molecule has 6 heteroatoms. The molecule has 2 amide bonds. The lowest BCUT2D eigenvalue weighted by atomic mass is 10.1. The highest BCUT2D eigenvalue weighted by atomic mass is 35.5. The maximum absolute atomic E-state index is 12.4. The molecule has 23 heavy (non-hydrogen) atoms. The van der Waals surface area contributed by atoms with E-state index in [1.165, 1.54) is 6.07 Å². The predicted octanol–water partition coefficient (Wildman–Crippen LogP) is 3.23. The van der Waals surface area contributed by atoms with Gasteiger partial charge in [0.25, 0.3) is 5.91 Å². The molecule has 0 heterocycles. The third kappa shape index (κ3) is 4.47. The number of rotatable bonds is 5. The van der Waals surface area contributed by atoms with E-state index in [1.807, 2.05) is 0 Å². The van der Waals surface area contributed by atoms with Crippen LogP contribution >= 0.6 is 11.6 Å². The molecule has 0 aromatic heterocycles. The van der Waals surface area contributed by atoms with Gasteiger partial charge in [-0.2, -0.15) is 0 Å². The number of hydrogen-bond donors (Lipinski definition) is 2. The first-order valence-electron chi connectivity index (χ1n) is 6.94. The molecule has 0 unspecified atom stereocenters. The fourth-order valence-electron chi connectivity index (χ4n) is 1.88. The zero-order valence-electron chi connectivity index (χ0n) is 12.8. The first-order valence-corrected chi connectivity index (χ1v) is 7.31. The first-order chi connectivity index (χ1) is 10.8. The van der Waals surface area contributed by atoms with Gasteiger partial charge in [-0.1, -0.05) is 17.7 Å². The van der Waals surface area contributed by atoms with Crippen molar-refractivity contribution >= 4 is 29.1 Å². The molecule has 5 nitrogen and oxygen atoms in total. The van der Waals surface area contributed by atoms with E-state index in [4.69, 9.17) is 22.1 Å². The van der Waals surface area contributed by atoms with Gasteiger partial charge < -0.3 is 15.8 Å². The van der Waals surface area contributed by atoms with Crippen LogP contribution in [0.1, 0.15) is 24.2 Å². The second-order valence-electron chi connectivity index (χ2n) is 5.47. The third-order valence-corrected chi connectivity index (χ3v) is 3.39. The molecular weight excluding hydrogens is 316 g/mol. The van der Waals surface area contributed by atoms with Crippen LogP contribution in [-0.2, 0) is 4.79 Å². The van der Waals surface area contributed by atoms with E-state index in [1.54, 1.807) is 56.3 Å². The third-order valence-electron chi connectivity index (χ3n) is 3.14. The maximum Gasteiger partial charge on any atom is 0.267 e. The molecule has 120 valence electrons. The van der Waals surface area contributed by atoms with Crippen molar-refractivity contribution < 1.29 is 14.3 Å². The number of nitrogens with one attached hydrogen (secondary N) is 1. The van der Waals surface area contributed by atoms with Crippen molar-refractivity contribution in [2.45, 2.75) is 19.4 Å². The van der Waals surface area contributed by atoms with Crippen LogP contribution < -0.4 is 15.8 Å². The predicted molar refractivity (Wildman–Crippen MR) is 89.7 cm³/mol. The summed E-state index contributed by atoms with van der Waals surface area (Å²) in [6, 6.07) is 13.1. The lowest BCUT2D eigenvalue weighted by molar-refractivity contribution is -0.128. The zero-order valence-corrected chi connectivity index (χ0v) is 13.6. The Bertz CT molecular complexity index is 727. The van der Waals surface area contributed by atoms with Crippen molar-refractivity contribution in [1.82, 2.24) is 0 Å². The van der Waals surface area contributed by atoms with E-state index >= 15 is 0 Å². The van der Waals surface area contributed by atoms with Gasteiger partial charge in [-0.05, 0) is 56.3 Å². The molecule has 0 fully saturated rings. The van der Waals surface area contributed by atoms with E-state index in [-0.39, 0.29) is 5.91 Å². The number of ether oxygens (including phenoxy) is 1. The Kier molecular flexibility index (Phi) is 4.91. The second kappa shape index (κ2) is 6.71. The number of carbonyl (C=O) groups excluding carboxylic acids is 2. The van der Waals surface area contributed by atoms with E-state index in [9.17, 15) is 9.59 Å². The van der Waals surface area contributed by atoms with Gasteiger partial charge >= 0.3 is 0 Å². The van der Waals surface area contributed by atoms with Crippen LogP contribution in [0, 0.1) is 0 Å². The van der Waals surface area contributed by atoms with E-state index < -0.39 is 11.5 Å². The largest absolute Gasteiger partial charge is 0.478 e. The highest BCUT2D eigenvalue weighted by Gasteiger charge is 2.30. The summed E-state index contributed by atoms with van der Waals surface area (Å²) in [6.45, 7) is 3.30. The monoisotopic (exact) mass is 332 g/mol. The highest BCUT2D eigenvalue weighted by Crippen LogP contribution is 2.22. The number of primary amides is 1. The van der Waals surface area contributed by atoms with Crippen LogP contribution in [-0.4, -0.2) is 17.4 Å². The van der Waals surface area contributed by atoms with Gasteiger partial charge in [0.2, 0.25) is 5.91 Å². The van der Waals surface area contributed by atoms with Crippen molar-refractivity contribution in [3.8, 4) is 5.75 Å². The van der Waals surface area contributed by atoms with Crippen molar-refractivity contribution in [3.63, 3.8) is 0 Å². The van der Waals surface area contributed by atoms with E-state index in [0.29, 0.717) is 22.0 Å². The van der Waals surface area contributed by atoms with Crippen molar-refractivity contribution in [1.29, 1.82) is 0 Å². The summed E-state index contributed by atoms with van der Waals surface area (Å²) >= 11 is 5.82. The van der Waals surface area contributed by atoms with Crippen molar-refractivity contribution in [2.24, 2.45) is 5.73 Å². The SMILES string of the molecule is CC(C)(Oc1ccc(Cl)cc1)C(=O)Nc1cccc(C(N)=O)c1. The van der Waals surface area contributed by atoms with Crippen molar-refractivity contribution in [2.75, 3.05) is 5.32 Å². The normalized spacial score (nSPS) is 10.9. The summed E-state index contributed by atoms with van der Waals surface area (Å²) in [7, 11) is 0. The number of anilines is 1. The molecule has 2 rings (SSSR count). The molecule has 3 N–H and O–H groups in total. The minimum atomic E-state index is -1.11. The Labute approximate surface area is 139 Å². The quantitative estimate of drug-likeness (QED) is 0.882. The zero-order chi connectivity index (χ0) is 17.0. The van der Waals surface area contributed by atoms with Gasteiger partial charge in [-0.25, -0.2) is 0 Å². The standard InChI is InChI=1S/C17H17ClN2O3/c1-17(2,23-14-8-6-12(18)7-9-14)16(22)20-13-5-3-4-11(10-13)15(19)21/h3-10H,1-2H3,(H2,19,21)(H,20,22). The van der Waals surface area contributed by atoms with Gasteiger partial charge in [-0.3, -0.25) is 9.59 Å². The molecule has 0 aliphatic heterocycles. The summed E-state index contributed by atoms with van der Waals surface area (Å²) < 4.78 is 5.71. The van der Waals surface area contributed by atoms with Crippen LogP contribution in [0.3, 0.4) is 0 Å².